The Balaban J connectivity index is 1.63. The third-order valence-corrected chi connectivity index (χ3v) is 4.30. The highest BCUT2D eigenvalue weighted by molar-refractivity contribution is 6.01. The molecular formula is C20H22N4O. The fourth-order valence-corrected chi connectivity index (χ4v) is 2.86. The molecule has 2 N–H and O–H groups in total. The molecule has 1 aromatic heterocycles. The molecule has 0 fully saturated rings. The van der Waals surface area contributed by atoms with E-state index >= 15 is 0 Å². The van der Waals surface area contributed by atoms with Crippen LogP contribution in [0.4, 0.5) is 5.69 Å². The lowest BCUT2D eigenvalue weighted by molar-refractivity contribution is -0.119. The fourth-order valence-electron chi connectivity index (χ4n) is 2.86. The SMILES string of the molecule is Cc1cccc(NCC(=O)NN=Cc2c(C)n(C)c3ccccc23)c1. The number of aryl methyl sites for hydroxylation is 2. The largest absolute Gasteiger partial charge is 0.376 e. The number of amides is 1. The van der Waals surface area contributed by atoms with Gasteiger partial charge in [-0.1, -0.05) is 30.3 Å². The van der Waals surface area contributed by atoms with Crippen LogP contribution < -0.4 is 10.7 Å². The highest BCUT2D eigenvalue weighted by Crippen LogP contribution is 2.22. The Hall–Kier alpha value is -3.08. The predicted octanol–water partition coefficient (Wildman–Crippen LogP) is 3.36. The molecule has 0 unspecified atom stereocenters. The van der Waals surface area contributed by atoms with Gasteiger partial charge >= 0.3 is 0 Å². The summed E-state index contributed by atoms with van der Waals surface area (Å²) in [5, 5.41) is 8.33. The zero-order valence-electron chi connectivity index (χ0n) is 14.7. The lowest BCUT2D eigenvalue weighted by atomic mass is 10.1. The number of carbonyl (C=O) groups is 1. The zero-order valence-corrected chi connectivity index (χ0v) is 14.7. The van der Waals surface area contributed by atoms with Gasteiger partial charge in [0.05, 0.1) is 12.8 Å². The number of fused-ring (bicyclic) bond motifs is 1. The van der Waals surface area contributed by atoms with Crippen molar-refractivity contribution in [1.82, 2.24) is 9.99 Å². The Morgan fingerprint density at radius 2 is 1.96 bits per heavy atom. The average Bonchev–Trinajstić information content (AvgIpc) is 2.85. The summed E-state index contributed by atoms with van der Waals surface area (Å²) < 4.78 is 2.12. The first-order chi connectivity index (χ1) is 12.1. The van der Waals surface area contributed by atoms with E-state index < -0.39 is 0 Å². The quantitative estimate of drug-likeness (QED) is 0.555. The lowest BCUT2D eigenvalue weighted by Crippen LogP contribution is -2.25. The summed E-state index contributed by atoms with van der Waals surface area (Å²) in [6.45, 7) is 4.24. The van der Waals surface area contributed by atoms with Crippen molar-refractivity contribution in [3.05, 3.63) is 65.4 Å². The Morgan fingerprint density at radius 3 is 2.76 bits per heavy atom. The highest BCUT2D eigenvalue weighted by atomic mass is 16.2. The van der Waals surface area contributed by atoms with Crippen molar-refractivity contribution in [2.24, 2.45) is 12.1 Å². The fraction of sp³-hybridized carbons (Fsp3) is 0.200. The molecule has 25 heavy (non-hydrogen) atoms. The Labute approximate surface area is 147 Å². The van der Waals surface area contributed by atoms with Gasteiger partial charge in [0.1, 0.15) is 0 Å². The van der Waals surface area contributed by atoms with Gasteiger partial charge in [0.15, 0.2) is 0 Å². The molecule has 0 atom stereocenters. The van der Waals surface area contributed by atoms with Gasteiger partial charge in [0.2, 0.25) is 0 Å². The van der Waals surface area contributed by atoms with Crippen LogP contribution in [0.3, 0.4) is 0 Å². The minimum atomic E-state index is -0.185. The van der Waals surface area contributed by atoms with Crippen LogP contribution >= 0.6 is 0 Å². The Morgan fingerprint density at radius 1 is 1.16 bits per heavy atom. The minimum absolute atomic E-state index is 0.176. The van der Waals surface area contributed by atoms with Crippen LogP contribution in [0.15, 0.2) is 53.6 Å². The molecule has 1 heterocycles. The summed E-state index contributed by atoms with van der Waals surface area (Å²) in [6.07, 6.45) is 1.71. The first-order valence-electron chi connectivity index (χ1n) is 8.22. The molecule has 3 rings (SSSR count). The summed E-state index contributed by atoms with van der Waals surface area (Å²) in [7, 11) is 2.03. The predicted molar refractivity (Wildman–Crippen MR) is 103 cm³/mol. The normalized spacial score (nSPS) is 11.2. The molecule has 0 saturated heterocycles. The van der Waals surface area contributed by atoms with E-state index in [4.69, 9.17) is 0 Å². The van der Waals surface area contributed by atoms with E-state index in [0.29, 0.717) is 0 Å². The van der Waals surface area contributed by atoms with Gasteiger partial charge < -0.3 is 9.88 Å². The minimum Gasteiger partial charge on any atom is -0.376 e. The van der Waals surface area contributed by atoms with Crippen molar-refractivity contribution < 1.29 is 4.79 Å². The number of hydrazone groups is 1. The van der Waals surface area contributed by atoms with Crippen LogP contribution in [0.2, 0.25) is 0 Å². The van der Waals surface area contributed by atoms with E-state index in [1.807, 2.05) is 57.3 Å². The molecule has 5 nitrogen and oxygen atoms in total. The molecular weight excluding hydrogens is 312 g/mol. The van der Waals surface area contributed by atoms with Gasteiger partial charge in [-0.3, -0.25) is 4.79 Å². The lowest BCUT2D eigenvalue weighted by Gasteiger charge is -2.05. The van der Waals surface area contributed by atoms with E-state index in [1.54, 1.807) is 6.21 Å². The molecule has 0 bridgehead atoms. The van der Waals surface area contributed by atoms with E-state index in [-0.39, 0.29) is 12.5 Å². The van der Waals surface area contributed by atoms with Crippen LogP contribution in [0.25, 0.3) is 10.9 Å². The molecule has 0 radical (unpaired) electrons. The molecule has 128 valence electrons. The number of nitrogens with one attached hydrogen (secondary N) is 2. The van der Waals surface area contributed by atoms with E-state index in [9.17, 15) is 4.79 Å². The number of hydrogen-bond donors (Lipinski definition) is 2. The van der Waals surface area contributed by atoms with E-state index in [2.05, 4.69) is 32.5 Å². The van der Waals surface area contributed by atoms with Gasteiger partial charge in [-0.05, 0) is 37.6 Å². The summed E-state index contributed by atoms with van der Waals surface area (Å²) in [4.78, 5) is 12.0. The molecule has 1 amide bonds. The van der Waals surface area contributed by atoms with Gasteiger partial charge in [-0.15, -0.1) is 0 Å². The van der Waals surface area contributed by atoms with Crippen molar-refractivity contribution in [1.29, 1.82) is 0 Å². The molecule has 0 aliphatic carbocycles. The monoisotopic (exact) mass is 334 g/mol. The number of rotatable bonds is 5. The molecule has 2 aromatic carbocycles. The van der Waals surface area contributed by atoms with Crippen molar-refractivity contribution >= 4 is 28.7 Å². The molecule has 0 aliphatic rings. The van der Waals surface area contributed by atoms with Crippen LogP contribution in [-0.2, 0) is 11.8 Å². The maximum atomic E-state index is 12.0. The first-order valence-corrected chi connectivity index (χ1v) is 8.22. The smallest absolute Gasteiger partial charge is 0.259 e. The number of aromatic nitrogens is 1. The summed E-state index contributed by atoms with van der Waals surface area (Å²) >= 11 is 0. The summed E-state index contributed by atoms with van der Waals surface area (Å²) in [5.41, 5.74) is 7.92. The van der Waals surface area contributed by atoms with Crippen molar-refractivity contribution in [3.63, 3.8) is 0 Å². The van der Waals surface area contributed by atoms with Crippen molar-refractivity contribution in [2.45, 2.75) is 13.8 Å². The molecule has 0 saturated carbocycles. The molecule has 0 aliphatic heterocycles. The van der Waals surface area contributed by atoms with Gasteiger partial charge in [0, 0.05) is 34.9 Å². The van der Waals surface area contributed by atoms with Crippen LogP contribution in [-0.4, -0.2) is 23.2 Å². The third-order valence-electron chi connectivity index (χ3n) is 4.30. The summed E-state index contributed by atoms with van der Waals surface area (Å²) in [6, 6.07) is 16.1. The van der Waals surface area contributed by atoms with Crippen LogP contribution in [0, 0.1) is 13.8 Å². The van der Waals surface area contributed by atoms with Crippen molar-refractivity contribution in [2.75, 3.05) is 11.9 Å². The number of hydrogen-bond acceptors (Lipinski definition) is 3. The average molecular weight is 334 g/mol. The second-order valence-electron chi connectivity index (χ2n) is 6.09. The second kappa shape index (κ2) is 7.21. The number of anilines is 1. The number of nitrogens with zero attached hydrogens (tertiary/aromatic N) is 2. The molecule has 5 heteroatoms. The maximum absolute atomic E-state index is 12.0. The molecule has 3 aromatic rings. The first kappa shape index (κ1) is 16.8. The zero-order chi connectivity index (χ0) is 17.8. The molecule has 0 spiro atoms. The topological polar surface area (TPSA) is 58.4 Å². The second-order valence-corrected chi connectivity index (χ2v) is 6.09. The van der Waals surface area contributed by atoms with Gasteiger partial charge in [-0.25, -0.2) is 5.43 Å². The van der Waals surface area contributed by atoms with Crippen LogP contribution in [0.5, 0.6) is 0 Å². The van der Waals surface area contributed by atoms with E-state index in [1.165, 1.54) is 0 Å². The maximum Gasteiger partial charge on any atom is 0.259 e. The highest BCUT2D eigenvalue weighted by Gasteiger charge is 2.09. The Bertz CT molecular complexity index is 940. The summed E-state index contributed by atoms with van der Waals surface area (Å²) in [5.74, 6) is -0.185. The third kappa shape index (κ3) is 3.71. The number of benzene rings is 2. The van der Waals surface area contributed by atoms with Crippen molar-refractivity contribution in [3.8, 4) is 0 Å². The number of carbonyl (C=O) groups excluding carboxylic acids is 1. The van der Waals surface area contributed by atoms with Gasteiger partial charge in [-0.2, -0.15) is 5.10 Å². The standard InChI is InChI=1S/C20H22N4O/c1-14-7-6-8-16(11-14)21-13-20(25)23-22-12-18-15(2)24(3)19-10-5-4-9-17(18)19/h4-12,21H,13H2,1-3H3,(H,23,25). The van der Waals surface area contributed by atoms with Gasteiger partial charge in [0.25, 0.3) is 5.91 Å². The number of para-hydroxylation sites is 1. The van der Waals surface area contributed by atoms with Crippen LogP contribution in [0.1, 0.15) is 16.8 Å². The van der Waals surface area contributed by atoms with E-state index in [0.717, 1.165) is 33.4 Å². The Kier molecular flexibility index (Phi) is 4.84.